The van der Waals surface area contributed by atoms with Crippen LogP contribution in [-0.4, -0.2) is 25.0 Å². The van der Waals surface area contributed by atoms with Gasteiger partial charge < -0.3 is 9.47 Å². The zero-order valence-corrected chi connectivity index (χ0v) is 17.5. The number of methoxy groups -OCH3 is 1. The largest absolute Gasteiger partial charge is 0.493 e. The van der Waals surface area contributed by atoms with Crippen LogP contribution < -0.4 is 4.74 Å². The summed E-state index contributed by atoms with van der Waals surface area (Å²) in [5.74, 6) is -0.829. The Hall–Kier alpha value is -1.10. The number of benzene rings is 1. The number of esters is 1. The van der Waals surface area contributed by atoms with Crippen LogP contribution in [0.15, 0.2) is 18.2 Å². The number of ether oxygens (including phenoxy) is 2. The van der Waals surface area contributed by atoms with Gasteiger partial charge in [0.05, 0.1) is 19.3 Å². The molecule has 0 fully saturated rings. The van der Waals surface area contributed by atoms with Gasteiger partial charge in [-0.2, -0.15) is 0 Å². The highest BCUT2D eigenvalue weighted by Gasteiger charge is 2.12. The van der Waals surface area contributed by atoms with Crippen LogP contribution >= 0.6 is 15.9 Å². The molecule has 3 nitrogen and oxygen atoms in total. The molecule has 0 aliphatic carbocycles. The fraction of sp³-hybridized carbons (Fsp3) is 0.667. The fourth-order valence-electron chi connectivity index (χ4n) is 2.84. The van der Waals surface area contributed by atoms with Crippen molar-refractivity contribution in [3.63, 3.8) is 0 Å². The number of halogens is 2. The lowest BCUT2D eigenvalue weighted by atomic mass is 10.1. The van der Waals surface area contributed by atoms with E-state index in [1.807, 2.05) is 0 Å². The van der Waals surface area contributed by atoms with Crippen molar-refractivity contribution in [2.24, 2.45) is 0 Å². The summed E-state index contributed by atoms with van der Waals surface area (Å²) in [4.78, 5) is 11.3. The Kier molecular flexibility index (Phi) is 13.2. The maximum atomic E-state index is 13.8. The van der Waals surface area contributed by atoms with Crippen LogP contribution in [0.2, 0.25) is 0 Å². The Bertz CT molecular complexity index is 508. The second kappa shape index (κ2) is 15.0. The van der Waals surface area contributed by atoms with Crippen molar-refractivity contribution in [1.29, 1.82) is 0 Å². The van der Waals surface area contributed by atoms with Gasteiger partial charge in [0.2, 0.25) is 0 Å². The van der Waals surface area contributed by atoms with E-state index in [1.165, 1.54) is 77.0 Å². The van der Waals surface area contributed by atoms with E-state index in [9.17, 15) is 9.18 Å². The zero-order valence-electron chi connectivity index (χ0n) is 15.9. The fourth-order valence-corrected chi connectivity index (χ4v) is 3.24. The van der Waals surface area contributed by atoms with Crippen LogP contribution in [0.1, 0.15) is 81.0 Å². The van der Waals surface area contributed by atoms with Crippen LogP contribution in [0.3, 0.4) is 0 Å². The van der Waals surface area contributed by atoms with E-state index in [4.69, 9.17) is 4.74 Å². The first-order chi connectivity index (χ1) is 12.7. The van der Waals surface area contributed by atoms with Gasteiger partial charge in [0.15, 0.2) is 0 Å². The number of unbranched alkanes of at least 4 members (excludes halogenated alkanes) is 10. The van der Waals surface area contributed by atoms with Gasteiger partial charge in [0, 0.05) is 11.4 Å². The minimum atomic E-state index is -0.673. The molecular weight excluding hydrogens is 399 g/mol. The molecular formula is C21H32BrFO3. The smallest absolute Gasteiger partial charge is 0.340 e. The predicted octanol–water partition coefficient (Wildman–Crippen LogP) is 6.68. The van der Waals surface area contributed by atoms with E-state index in [-0.39, 0.29) is 5.56 Å². The van der Waals surface area contributed by atoms with Gasteiger partial charge in [-0.15, -0.1) is 0 Å². The summed E-state index contributed by atoms with van der Waals surface area (Å²) in [6.45, 7) is 0.574. The molecule has 0 N–H and O–H groups in total. The molecule has 5 heteroatoms. The molecule has 1 aromatic rings. The molecule has 26 heavy (non-hydrogen) atoms. The third kappa shape index (κ3) is 10.1. The first-order valence-electron chi connectivity index (χ1n) is 9.75. The van der Waals surface area contributed by atoms with Crippen molar-refractivity contribution in [3.8, 4) is 5.75 Å². The maximum Gasteiger partial charge on any atom is 0.340 e. The predicted molar refractivity (Wildman–Crippen MR) is 108 cm³/mol. The van der Waals surface area contributed by atoms with Gasteiger partial charge in [-0.25, -0.2) is 9.18 Å². The molecule has 148 valence electrons. The topological polar surface area (TPSA) is 35.5 Å². The third-order valence-corrected chi connectivity index (χ3v) is 4.95. The van der Waals surface area contributed by atoms with Gasteiger partial charge >= 0.3 is 5.97 Å². The van der Waals surface area contributed by atoms with E-state index >= 15 is 0 Å². The van der Waals surface area contributed by atoms with E-state index in [2.05, 4.69) is 20.7 Å². The standard InChI is InChI=1S/C21H32BrFO3/c1-25-21(24)19-14-13-18(17-20(19)23)26-16-12-10-8-6-4-2-3-5-7-9-11-15-22/h13-14,17H,2-12,15-16H2,1H3. The molecule has 1 aromatic carbocycles. The molecule has 0 spiro atoms. The lowest BCUT2D eigenvalue weighted by Crippen LogP contribution is -2.05. The number of hydrogen-bond donors (Lipinski definition) is 0. The van der Waals surface area contributed by atoms with Crippen LogP contribution in [0, 0.1) is 5.82 Å². The molecule has 1 rings (SSSR count). The second-order valence-corrected chi connectivity index (χ2v) is 7.35. The molecule has 0 aliphatic rings. The normalized spacial score (nSPS) is 10.7. The molecule has 0 aliphatic heterocycles. The van der Waals surface area contributed by atoms with Crippen molar-refractivity contribution in [1.82, 2.24) is 0 Å². The van der Waals surface area contributed by atoms with Gasteiger partial charge in [-0.05, 0) is 25.0 Å². The number of alkyl halides is 1. The number of carbonyl (C=O) groups excluding carboxylic acids is 1. The van der Waals surface area contributed by atoms with Crippen molar-refractivity contribution in [2.45, 2.75) is 70.6 Å². The Balaban J connectivity index is 1.99. The SMILES string of the molecule is COC(=O)c1ccc(OCCCCCCCCCCCCCBr)cc1F. The molecule has 0 saturated heterocycles. The highest BCUT2D eigenvalue weighted by Crippen LogP contribution is 2.18. The van der Waals surface area contributed by atoms with Gasteiger partial charge in [0.25, 0.3) is 0 Å². The number of rotatable bonds is 15. The Morgan fingerprint density at radius 3 is 1.96 bits per heavy atom. The molecule has 0 atom stereocenters. The summed E-state index contributed by atoms with van der Waals surface area (Å²) in [5, 5.41) is 1.13. The van der Waals surface area contributed by atoms with Crippen LogP contribution in [0.5, 0.6) is 5.75 Å². The summed E-state index contributed by atoms with van der Waals surface area (Å²) in [7, 11) is 1.23. The van der Waals surface area contributed by atoms with E-state index in [0.717, 1.165) is 18.2 Å². The van der Waals surface area contributed by atoms with Crippen molar-refractivity contribution in [3.05, 3.63) is 29.6 Å². The van der Waals surface area contributed by atoms with Crippen molar-refractivity contribution < 1.29 is 18.7 Å². The first kappa shape index (κ1) is 22.9. The molecule has 0 saturated carbocycles. The average Bonchev–Trinajstić information content (AvgIpc) is 2.65. The van der Waals surface area contributed by atoms with E-state index in [0.29, 0.717) is 12.4 Å². The number of carbonyl (C=O) groups is 1. The minimum absolute atomic E-state index is 0.0667. The molecule has 0 heterocycles. The quantitative estimate of drug-likeness (QED) is 0.177. The Morgan fingerprint density at radius 2 is 1.46 bits per heavy atom. The van der Waals surface area contributed by atoms with Crippen molar-refractivity contribution in [2.75, 3.05) is 19.0 Å². The summed E-state index contributed by atoms with van der Waals surface area (Å²) in [6, 6.07) is 4.24. The summed E-state index contributed by atoms with van der Waals surface area (Å²) in [5.41, 5.74) is -0.0667. The molecule has 0 radical (unpaired) electrons. The average molecular weight is 431 g/mol. The molecule has 0 amide bonds. The molecule has 0 unspecified atom stereocenters. The second-order valence-electron chi connectivity index (χ2n) is 6.56. The minimum Gasteiger partial charge on any atom is -0.493 e. The van der Waals surface area contributed by atoms with Gasteiger partial charge in [-0.3, -0.25) is 0 Å². The maximum absolute atomic E-state index is 13.8. The van der Waals surface area contributed by atoms with E-state index in [1.54, 1.807) is 6.07 Å². The highest BCUT2D eigenvalue weighted by molar-refractivity contribution is 9.09. The van der Waals surface area contributed by atoms with E-state index < -0.39 is 11.8 Å². The summed E-state index contributed by atoms with van der Waals surface area (Å²) >= 11 is 3.46. The Labute approximate surface area is 165 Å². The number of hydrogen-bond acceptors (Lipinski definition) is 3. The third-order valence-electron chi connectivity index (χ3n) is 4.39. The summed E-state index contributed by atoms with van der Waals surface area (Å²) < 4.78 is 23.8. The highest BCUT2D eigenvalue weighted by atomic mass is 79.9. The van der Waals surface area contributed by atoms with Crippen LogP contribution in [0.4, 0.5) is 4.39 Å². The van der Waals surface area contributed by atoms with Gasteiger partial charge in [0.1, 0.15) is 11.6 Å². The molecule has 0 bridgehead atoms. The van der Waals surface area contributed by atoms with Crippen molar-refractivity contribution >= 4 is 21.9 Å². The lowest BCUT2D eigenvalue weighted by Gasteiger charge is -2.08. The first-order valence-corrected chi connectivity index (χ1v) is 10.9. The Morgan fingerprint density at radius 1 is 0.923 bits per heavy atom. The zero-order chi connectivity index (χ0) is 19.0. The van der Waals surface area contributed by atoms with Crippen LogP contribution in [0.25, 0.3) is 0 Å². The van der Waals surface area contributed by atoms with Crippen LogP contribution in [-0.2, 0) is 4.74 Å². The monoisotopic (exact) mass is 430 g/mol. The summed E-state index contributed by atoms with van der Waals surface area (Å²) in [6.07, 6.45) is 14.0. The lowest BCUT2D eigenvalue weighted by molar-refractivity contribution is 0.0595. The van der Waals surface area contributed by atoms with Gasteiger partial charge in [-0.1, -0.05) is 73.7 Å². The molecule has 0 aromatic heterocycles.